The number of nitrogens with two attached hydrogens (primary N) is 1. The molecule has 0 spiro atoms. The molecule has 1 aromatic heterocycles. The largest absolute Gasteiger partial charge is 0.381 e. The molecule has 150 valence electrons. The molecule has 3 rings (SSSR count). The number of nitrogens with zero attached hydrogens (tertiary/aromatic N) is 3. The highest BCUT2D eigenvalue weighted by Gasteiger charge is 2.31. The van der Waals surface area contributed by atoms with Crippen LogP contribution in [0.2, 0.25) is 0 Å². The predicted octanol–water partition coefficient (Wildman–Crippen LogP) is -0.736. The third-order valence-electron chi connectivity index (χ3n) is 5.20. The summed E-state index contributed by atoms with van der Waals surface area (Å²) in [6.07, 6.45) is 3.52. The molecule has 2 fully saturated rings. The highest BCUT2D eigenvalue weighted by molar-refractivity contribution is 5.89. The Hall–Kier alpha value is -2.04. The highest BCUT2D eigenvalue weighted by Crippen LogP contribution is 2.22. The van der Waals surface area contributed by atoms with Gasteiger partial charge in [-0.25, -0.2) is 0 Å². The molecule has 10 heteroatoms. The fourth-order valence-electron chi connectivity index (χ4n) is 3.66. The quantitative estimate of drug-likeness (QED) is 0.608. The highest BCUT2D eigenvalue weighted by atomic mass is 16.5. The van der Waals surface area contributed by atoms with E-state index in [0.29, 0.717) is 12.6 Å². The summed E-state index contributed by atoms with van der Waals surface area (Å²) < 4.78 is 10.5. The number of carbonyl (C=O) groups is 2. The third kappa shape index (κ3) is 5.24. The number of amides is 2. The summed E-state index contributed by atoms with van der Waals surface area (Å²) in [5.41, 5.74) is 6.23. The van der Waals surface area contributed by atoms with Crippen molar-refractivity contribution < 1.29 is 18.8 Å². The van der Waals surface area contributed by atoms with E-state index in [1.807, 2.05) is 0 Å². The molecule has 2 amide bonds. The smallest absolute Gasteiger partial charge is 0.292 e. The second-order valence-electron chi connectivity index (χ2n) is 7.14. The van der Waals surface area contributed by atoms with E-state index in [-0.39, 0.29) is 36.1 Å². The van der Waals surface area contributed by atoms with Crippen molar-refractivity contribution in [1.82, 2.24) is 25.7 Å². The maximum absolute atomic E-state index is 12.7. The van der Waals surface area contributed by atoms with Gasteiger partial charge in [-0.05, 0) is 25.7 Å². The number of carbonyl (C=O) groups excluding carboxylic acids is 2. The van der Waals surface area contributed by atoms with Gasteiger partial charge in [0.15, 0.2) is 0 Å². The third-order valence-corrected chi connectivity index (χ3v) is 5.20. The van der Waals surface area contributed by atoms with Crippen LogP contribution in [0.15, 0.2) is 4.52 Å². The van der Waals surface area contributed by atoms with E-state index in [9.17, 15) is 9.59 Å². The minimum absolute atomic E-state index is 0.0483. The van der Waals surface area contributed by atoms with Crippen molar-refractivity contribution in [3.05, 3.63) is 11.7 Å². The van der Waals surface area contributed by atoms with Gasteiger partial charge in [0.25, 0.3) is 11.7 Å². The molecular formula is C17H28N6O4. The van der Waals surface area contributed by atoms with Crippen molar-refractivity contribution in [3.63, 3.8) is 0 Å². The molecule has 2 atom stereocenters. The summed E-state index contributed by atoms with van der Waals surface area (Å²) >= 11 is 0. The molecule has 0 radical (unpaired) electrons. The number of ether oxygens (including phenoxy) is 1. The van der Waals surface area contributed by atoms with E-state index in [1.54, 1.807) is 0 Å². The first-order chi connectivity index (χ1) is 13.1. The summed E-state index contributed by atoms with van der Waals surface area (Å²) in [5, 5.41) is 8.86. The van der Waals surface area contributed by atoms with Gasteiger partial charge in [-0.3, -0.25) is 14.5 Å². The van der Waals surface area contributed by atoms with E-state index >= 15 is 0 Å². The minimum Gasteiger partial charge on any atom is -0.381 e. The summed E-state index contributed by atoms with van der Waals surface area (Å²) in [4.78, 5) is 30.5. The van der Waals surface area contributed by atoms with Crippen LogP contribution in [0.1, 0.15) is 42.2 Å². The van der Waals surface area contributed by atoms with Crippen molar-refractivity contribution >= 4 is 11.8 Å². The van der Waals surface area contributed by atoms with Gasteiger partial charge in [0.2, 0.25) is 11.8 Å². The van der Waals surface area contributed by atoms with Gasteiger partial charge in [0, 0.05) is 45.4 Å². The van der Waals surface area contributed by atoms with Crippen LogP contribution in [0.5, 0.6) is 0 Å². The first-order valence-corrected chi connectivity index (χ1v) is 9.46. The Balaban J connectivity index is 1.56. The van der Waals surface area contributed by atoms with E-state index in [1.165, 1.54) is 7.05 Å². The Bertz CT molecular complexity index is 645. The fourth-order valence-corrected chi connectivity index (χ4v) is 3.66. The molecule has 0 aromatic carbocycles. The van der Waals surface area contributed by atoms with E-state index in [2.05, 4.69) is 25.7 Å². The van der Waals surface area contributed by atoms with E-state index < -0.39 is 5.91 Å². The van der Waals surface area contributed by atoms with Gasteiger partial charge in [-0.2, -0.15) is 4.98 Å². The normalized spacial score (nSPS) is 25.0. The fraction of sp³-hybridized carbons (Fsp3) is 0.765. The van der Waals surface area contributed by atoms with Gasteiger partial charge in [-0.15, -0.1) is 0 Å². The van der Waals surface area contributed by atoms with Crippen LogP contribution in [-0.4, -0.2) is 72.3 Å². The second-order valence-corrected chi connectivity index (χ2v) is 7.14. The van der Waals surface area contributed by atoms with Crippen LogP contribution in [0, 0.1) is 5.92 Å². The van der Waals surface area contributed by atoms with Crippen molar-refractivity contribution in [2.75, 3.05) is 33.4 Å². The van der Waals surface area contributed by atoms with Crippen LogP contribution in [0.25, 0.3) is 0 Å². The Morgan fingerprint density at radius 1 is 1.22 bits per heavy atom. The maximum atomic E-state index is 12.7. The molecule has 2 saturated heterocycles. The SMILES string of the molecule is CNC(=O)c1noc(CNC(=O)[C@@H]2CC[C@H](N)CN(C3CCOCC3)C2)n1. The monoisotopic (exact) mass is 380 g/mol. The summed E-state index contributed by atoms with van der Waals surface area (Å²) in [6, 6.07) is 0.501. The number of hydrogen-bond donors (Lipinski definition) is 3. The van der Waals surface area contributed by atoms with Crippen LogP contribution >= 0.6 is 0 Å². The molecule has 10 nitrogen and oxygen atoms in total. The lowest BCUT2D eigenvalue weighted by molar-refractivity contribution is -0.126. The van der Waals surface area contributed by atoms with Crippen molar-refractivity contribution in [2.24, 2.45) is 11.7 Å². The lowest BCUT2D eigenvalue weighted by Gasteiger charge is -2.35. The molecule has 0 unspecified atom stereocenters. The van der Waals surface area contributed by atoms with Crippen molar-refractivity contribution in [1.29, 1.82) is 0 Å². The number of nitrogens with one attached hydrogen (secondary N) is 2. The molecule has 3 heterocycles. The van der Waals surface area contributed by atoms with Crippen molar-refractivity contribution in [3.8, 4) is 0 Å². The van der Waals surface area contributed by atoms with E-state index in [4.69, 9.17) is 15.0 Å². The van der Waals surface area contributed by atoms with Crippen LogP contribution in [0.4, 0.5) is 0 Å². The lowest BCUT2D eigenvalue weighted by Crippen LogP contribution is -2.47. The molecule has 4 N–H and O–H groups in total. The maximum Gasteiger partial charge on any atom is 0.292 e. The van der Waals surface area contributed by atoms with Crippen LogP contribution in [0.3, 0.4) is 0 Å². The number of hydrogen-bond acceptors (Lipinski definition) is 8. The number of aromatic nitrogens is 2. The van der Waals surface area contributed by atoms with Crippen LogP contribution < -0.4 is 16.4 Å². The molecule has 2 aliphatic heterocycles. The number of likely N-dealkylation sites (tertiary alicyclic amines) is 1. The van der Waals surface area contributed by atoms with Gasteiger partial charge in [0.1, 0.15) is 0 Å². The predicted molar refractivity (Wildman–Crippen MR) is 95.6 cm³/mol. The lowest BCUT2D eigenvalue weighted by atomic mass is 10.0. The standard InChI is InChI=1S/C17H28N6O4/c1-19-17(25)15-21-14(27-22-15)8-20-16(24)11-2-3-12(18)10-23(9-11)13-4-6-26-7-5-13/h11-13H,2-10,18H2,1H3,(H,19,25)(H,20,24)/t11-,12+/m1/s1. The average molecular weight is 380 g/mol. The zero-order valence-electron chi connectivity index (χ0n) is 15.6. The topological polar surface area (TPSA) is 136 Å². The summed E-state index contributed by atoms with van der Waals surface area (Å²) in [6.45, 7) is 3.13. The van der Waals surface area contributed by atoms with Gasteiger partial charge in [0.05, 0.1) is 12.5 Å². The Morgan fingerprint density at radius 2 is 2.00 bits per heavy atom. The first kappa shape index (κ1) is 19.7. The van der Waals surface area contributed by atoms with Gasteiger partial charge >= 0.3 is 0 Å². The van der Waals surface area contributed by atoms with Gasteiger partial charge < -0.3 is 25.6 Å². The first-order valence-electron chi connectivity index (χ1n) is 9.46. The molecule has 2 aliphatic rings. The second kappa shape index (κ2) is 9.25. The van der Waals surface area contributed by atoms with Gasteiger partial charge in [-0.1, -0.05) is 5.16 Å². The number of rotatable bonds is 5. The Kier molecular flexibility index (Phi) is 6.75. The molecular weight excluding hydrogens is 352 g/mol. The zero-order chi connectivity index (χ0) is 19.2. The molecule has 0 aliphatic carbocycles. The summed E-state index contributed by atoms with van der Waals surface area (Å²) in [7, 11) is 1.49. The molecule has 1 aromatic rings. The van der Waals surface area contributed by atoms with Crippen LogP contribution in [-0.2, 0) is 16.1 Å². The molecule has 0 bridgehead atoms. The van der Waals surface area contributed by atoms with E-state index in [0.717, 1.165) is 45.4 Å². The average Bonchev–Trinajstić information content (AvgIpc) is 3.08. The minimum atomic E-state index is -0.429. The molecule has 27 heavy (non-hydrogen) atoms. The summed E-state index contributed by atoms with van der Waals surface area (Å²) in [5.74, 6) is -0.466. The molecule has 0 saturated carbocycles. The van der Waals surface area contributed by atoms with Crippen molar-refractivity contribution in [2.45, 2.75) is 44.3 Å². The Morgan fingerprint density at radius 3 is 2.74 bits per heavy atom. The zero-order valence-corrected chi connectivity index (χ0v) is 15.6. The Labute approximate surface area is 158 Å².